The molecule has 0 heterocycles. The Labute approximate surface area is 127 Å². The number of ketones is 1. The molecule has 0 saturated heterocycles. The van der Waals surface area contributed by atoms with E-state index in [-0.39, 0.29) is 12.3 Å². The van der Waals surface area contributed by atoms with Crippen LogP contribution in [0.25, 0.3) is 0 Å². The molecular formula is C15H19F3N2O2. The Balaban J connectivity index is 2.57. The molecule has 7 heteroatoms. The predicted octanol–water partition coefficient (Wildman–Crippen LogP) is 2.47. The molecule has 4 nitrogen and oxygen atoms in total. The highest BCUT2D eigenvalue weighted by atomic mass is 19.4. The lowest BCUT2D eigenvalue weighted by Gasteiger charge is -2.11. The van der Waals surface area contributed by atoms with Gasteiger partial charge < -0.3 is 10.5 Å². The molecule has 0 atom stereocenters. The lowest BCUT2D eigenvalue weighted by Crippen LogP contribution is -2.21. The number of hydrogen-bond donors (Lipinski definition) is 2. The van der Waals surface area contributed by atoms with E-state index in [1.54, 1.807) is 13.8 Å². The second kappa shape index (κ2) is 7.93. The molecule has 0 amide bonds. The third-order valence-electron chi connectivity index (χ3n) is 3.15. The largest absolute Gasteiger partial charge is 0.416 e. The molecule has 0 unspecified atom stereocenters. The predicted molar refractivity (Wildman–Crippen MR) is 77.7 cm³/mol. The van der Waals surface area contributed by atoms with Crippen molar-refractivity contribution in [2.24, 2.45) is 5.10 Å². The Morgan fingerprint density at radius 2 is 2.05 bits per heavy atom. The summed E-state index contributed by atoms with van der Waals surface area (Å²) in [4.78, 5) is 10.9. The average Bonchev–Trinajstić information content (AvgIpc) is 2.44. The van der Waals surface area contributed by atoms with E-state index in [1.807, 2.05) is 0 Å². The maximum Gasteiger partial charge on any atom is 0.416 e. The first-order chi connectivity index (χ1) is 10.2. The number of carbonyl (C=O) groups is 1. The molecule has 1 aromatic carbocycles. The van der Waals surface area contributed by atoms with Gasteiger partial charge in [0.15, 0.2) is 5.78 Å². The van der Waals surface area contributed by atoms with Crippen LogP contribution in [-0.4, -0.2) is 29.8 Å². The fraction of sp³-hybridized carbons (Fsp3) is 0.467. The van der Waals surface area contributed by atoms with Crippen molar-refractivity contribution in [2.75, 3.05) is 13.2 Å². The van der Waals surface area contributed by atoms with Gasteiger partial charge in [-0.05, 0) is 49.9 Å². The number of nitrogens with zero attached hydrogens (tertiary/aromatic N) is 1. The van der Waals surface area contributed by atoms with Crippen LogP contribution in [0.1, 0.15) is 30.0 Å². The number of rotatable bonds is 7. The summed E-state index contributed by atoms with van der Waals surface area (Å²) in [5.41, 5.74) is 4.04. The fourth-order valence-electron chi connectivity index (χ4n) is 1.84. The van der Waals surface area contributed by atoms with Crippen molar-refractivity contribution in [1.29, 1.82) is 0 Å². The van der Waals surface area contributed by atoms with Crippen molar-refractivity contribution >= 4 is 11.5 Å². The van der Waals surface area contributed by atoms with Gasteiger partial charge in [-0.25, -0.2) is 0 Å². The van der Waals surface area contributed by atoms with E-state index in [0.717, 1.165) is 23.4 Å². The minimum Gasteiger partial charge on any atom is -0.389 e. The maximum absolute atomic E-state index is 12.6. The first-order valence-corrected chi connectivity index (χ1v) is 6.79. The number of benzene rings is 1. The lowest BCUT2D eigenvalue weighted by molar-refractivity contribution is -0.137. The number of Topliss-reactive ketones (excluding diaryl/α,β-unsaturated/α-hetero) is 1. The molecule has 0 bridgehead atoms. The molecule has 0 fully saturated rings. The van der Waals surface area contributed by atoms with E-state index in [9.17, 15) is 18.0 Å². The van der Waals surface area contributed by atoms with Crippen molar-refractivity contribution in [2.45, 2.75) is 32.9 Å². The summed E-state index contributed by atoms with van der Waals surface area (Å²) in [6, 6.07) is 3.70. The van der Waals surface area contributed by atoms with Crippen LogP contribution in [0.3, 0.4) is 0 Å². The molecule has 1 aromatic rings. The smallest absolute Gasteiger partial charge is 0.389 e. The zero-order chi connectivity index (χ0) is 16.8. The van der Waals surface area contributed by atoms with Crippen molar-refractivity contribution in [1.82, 2.24) is 5.43 Å². The highest BCUT2D eigenvalue weighted by Gasteiger charge is 2.30. The summed E-state index contributed by atoms with van der Waals surface area (Å²) in [6.07, 6.45) is -3.20. The highest BCUT2D eigenvalue weighted by Crippen LogP contribution is 2.30. The molecule has 0 aliphatic carbocycles. The van der Waals surface area contributed by atoms with Crippen molar-refractivity contribution in [3.8, 4) is 0 Å². The summed E-state index contributed by atoms with van der Waals surface area (Å²) < 4.78 is 37.7. The Hall–Kier alpha value is -1.89. The van der Waals surface area contributed by atoms with Gasteiger partial charge in [0.25, 0.3) is 0 Å². The van der Waals surface area contributed by atoms with Gasteiger partial charge >= 0.3 is 6.18 Å². The van der Waals surface area contributed by atoms with Gasteiger partial charge in [-0.3, -0.25) is 4.79 Å². The third-order valence-corrected chi connectivity index (χ3v) is 3.15. The van der Waals surface area contributed by atoms with E-state index in [4.69, 9.17) is 5.11 Å². The topological polar surface area (TPSA) is 61.7 Å². The minimum atomic E-state index is -4.33. The quantitative estimate of drug-likeness (QED) is 0.600. The van der Waals surface area contributed by atoms with Crippen molar-refractivity contribution < 1.29 is 23.1 Å². The van der Waals surface area contributed by atoms with Crippen LogP contribution in [0.5, 0.6) is 0 Å². The number of aliphatic hydroxyl groups excluding tert-OH is 1. The van der Waals surface area contributed by atoms with Crippen LogP contribution in [0, 0.1) is 6.92 Å². The third kappa shape index (κ3) is 5.85. The van der Waals surface area contributed by atoms with Gasteiger partial charge in [0, 0.05) is 5.71 Å². The molecule has 2 N–H and O–H groups in total. The Morgan fingerprint density at radius 3 is 2.59 bits per heavy atom. The van der Waals surface area contributed by atoms with E-state index in [0.29, 0.717) is 18.4 Å². The molecule has 0 aromatic heterocycles. The summed E-state index contributed by atoms with van der Waals surface area (Å²) in [6.45, 7) is 2.82. The van der Waals surface area contributed by atoms with Gasteiger partial charge in [-0.2, -0.15) is 18.3 Å². The fourth-order valence-corrected chi connectivity index (χ4v) is 1.84. The SMILES string of the molecule is C/C(CCc1ccc(C(F)(F)F)cc1C)=N\NCC(=O)CO. The lowest BCUT2D eigenvalue weighted by atomic mass is 10.00. The van der Waals surface area contributed by atoms with Crippen LogP contribution >= 0.6 is 0 Å². The summed E-state index contributed by atoms with van der Waals surface area (Å²) >= 11 is 0. The molecule has 122 valence electrons. The summed E-state index contributed by atoms with van der Waals surface area (Å²) in [5.74, 6) is -0.366. The molecule has 0 radical (unpaired) electrons. The van der Waals surface area contributed by atoms with Crippen LogP contribution < -0.4 is 5.43 Å². The van der Waals surface area contributed by atoms with Crippen LogP contribution in [0.2, 0.25) is 0 Å². The summed E-state index contributed by atoms with van der Waals surface area (Å²) in [5, 5.41) is 12.5. The van der Waals surface area contributed by atoms with E-state index >= 15 is 0 Å². The van der Waals surface area contributed by atoms with E-state index in [2.05, 4.69) is 10.5 Å². The monoisotopic (exact) mass is 316 g/mol. The maximum atomic E-state index is 12.6. The van der Waals surface area contributed by atoms with Gasteiger partial charge in [0.2, 0.25) is 0 Å². The molecule has 0 spiro atoms. The zero-order valence-electron chi connectivity index (χ0n) is 12.5. The van der Waals surface area contributed by atoms with E-state index < -0.39 is 18.3 Å². The van der Waals surface area contributed by atoms with Gasteiger partial charge in [-0.15, -0.1) is 0 Å². The second-order valence-corrected chi connectivity index (χ2v) is 5.02. The molecule has 0 aliphatic rings. The number of halogens is 3. The van der Waals surface area contributed by atoms with Crippen LogP contribution in [0.15, 0.2) is 23.3 Å². The van der Waals surface area contributed by atoms with Gasteiger partial charge in [0.05, 0.1) is 12.1 Å². The standard InChI is InChI=1S/C15H19F3N2O2/c1-10-7-13(15(16,17)18)6-5-12(10)4-3-11(2)20-19-8-14(22)9-21/h5-7,19,21H,3-4,8-9H2,1-2H3/b20-11+. The Morgan fingerprint density at radius 1 is 1.36 bits per heavy atom. The Kier molecular flexibility index (Phi) is 6.55. The van der Waals surface area contributed by atoms with Crippen LogP contribution in [-0.2, 0) is 17.4 Å². The van der Waals surface area contributed by atoms with Crippen molar-refractivity contribution in [3.63, 3.8) is 0 Å². The molecule has 0 saturated carbocycles. The first-order valence-electron chi connectivity index (χ1n) is 6.79. The number of aryl methyl sites for hydroxylation is 2. The minimum absolute atomic E-state index is 0.0485. The van der Waals surface area contributed by atoms with Crippen molar-refractivity contribution in [3.05, 3.63) is 34.9 Å². The zero-order valence-corrected chi connectivity index (χ0v) is 12.5. The normalized spacial score (nSPS) is 12.4. The molecule has 1 rings (SSSR count). The number of hydrazone groups is 1. The first kappa shape index (κ1) is 18.2. The molecular weight excluding hydrogens is 297 g/mol. The Bertz CT molecular complexity index is 554. The molecule has 0 aliphatic heterocycles. The number of nitrogens with one attached hydrogen (secondary N) is 1. The van der Waals surface area contributed by atoms with Gasteiger partial charge in [0.1, 0.15) is 6.61 Å². The number of carbonyl (C=O) groups excluding carboxylic acids is 1. The number of alkyl halides is 3. The highest BCUT2D eigenvalue weighted by molar-refractivity contribution is 5.83. The van der Waals surface area contributed by atoms with Gasteiger partial charge in [-0.1, -0.05) is 6.07 Å². The second-order valence-electron chi connectivity index (χ2n) is 5.02. The van der Waals surface area contributed by atoms with E-state index in [1.165, 1.54) is 6.07 Å². The number of hydrogen-bond acceptors (Lipinski definition) is 4. The average molecular weight is 316 g/mol. The van der Waals surface area contributed by atoms with Crippen LogP contribution in [0.4, 0.5) is 13.2 Å². The number of aliphatic hydroxyl groups is 1. The summed E-state index contributed by atoms with van der Waals surface area (Å²) in [7, 11) is 0. The molecule has 22 heavy (non-hydrogen) atoms.